The fourth-order valence-corrected chi connectivity index (χ4v) is 9.21. The van der Waals surface area contributed by atoms with Gasteiger partial charge in [-0.2, -0.15) is 0 Å². The normalized spacial score (nSPS) is 40.3. The Kier molecular flexibility index (Phi) is 8.22. The van der Waals surface area contributed by atoms with Crippen molar-refractivity contribution in [2.75, 3.05) is 0 Å². The van der Waals surface area contributed by atoms with Crippen LogP contribution in [0.2, 0.25) is 0 Å². The second kappa shape index (κ2) is 10.5. The topological polar surface area (TPSA) is 26.3 Å². The van der Waals surface area contributed by atoms with Gasteiger partial charge in [0.25, 0.3) is 0 Å². The maximum absolute atomic E-state index is 12.5. The summed E-state index contributed by atoms with van der Waals surface area (Å²) in [7, 11) is 0. The summed E-state index contributed by atoms with van der Waals surface area (Å²) in [4.78, 5) is 12.5. The molecule has 0 heterocycles. The van der Waals surface area contributed by atoms with Crippen LogP contribution >= 0.6 is 11.6 Å². The van der Waals surface area contributed by atoms with Gasteiger partial charge in [0.05, 0.1) is 0 Å². The van der Waals surface area contributed by atoms with Crippen molar-refractivity contribution in [3.05, 3.63) is 22.3 Å². The van der Waals surface area contributed by atoms with E-state index in [4.69, 9.17) is 16.3 Å². The predicted octanol–water partition coefficient (Wildman–Crippen LogP) is 9.47. The highest BCUT2D eigenvalue weighted by Gasteiger charge is 2.59. The van der Waals surface area contributed by atoms with E-state index in [9.17, 15) is 4.79 Å². The Bertz CT molecular complexity index is 852. The second-order valence-electron chi connectivity index (χ2n) is 13.7. The molecule has 0 saturated heterocycles. The minimum Gasteiger partial charge on any atom is -0.459 e. The first-order valence-electron chi connectivity index (χ1n) is 14.7. The summed E-state index contributed by atoms with van der Waals surface area (Å²) in [6.45, 7) is 16.0. The first-order chi connectivity index (χ1) is 16.5. The van der Waals surface area contributed by atoms with E-state index in [2.05, 4.69) is 40.7 Å². The van der Waals surface area contributed by atoms with Crippen LogP contribution < -0.4 is 0 Å². The lowest BCUT2D eigenvalue weighted by molar-refractivity contribution is -0.146. The van der Waals surface area contributed by atoms with Crippen molar-refractivity contribution in [1.29, 1.82) is 0 Å². The number of carbonyl (C=O) groups is 1. The van der Waals surface area contributed by atoms with Gasteiger partial charge >= 0.3 is 5.97 Å². The van der Waals surface area contributed by atoms with Crippen LogP contribution in [0, 0.1) is 46.3 Å². The summed E-state index contributed by atoms with van der Waals surface area (Å²) in [5.41, 5.74) is 2.95. The van der Waals surface area contributed by atoms with Gasteiger partial charge in [0.2, 0.25) is 0 Å². The quantitative estimate of drug-likeness (QED) is 0.197. The zero-order chi connectivity index (χ0) is 25.5. The van der Waals surface area contributed by atoms with E-state index >= 15 is 0 Å². The molecule has 4 aliphatic carbocycles. The molecule has 3 fully saturated rings. The van der Waals surface area contributed by atoms with E-state index in [1.165, 1.54) is 51.4 Å². The maximum atomic E-state index is 12.5. The van der Waals surface area contributed by atoms with Crippen molar-refractivity contribution in [2.45, 2.75) is 125 Å². The van der Waals surface area contributed by atoms with Gasteiger partial charge in [-0.25, -0.2) is 4.79 Å². The molecule has 0 aromatic carbocycles. The minimum absolute atomic E-state index is 0.000692. The van der Waals surface area contributed by atoms with Crippen molar-refractivity contribution < 1.29 is 9.53 Å². The zero-order valence-electron chi connectivity index (χ0n) is 23.6. The molecule has 0 unspecified atom stereocenters. The summed E-state index contributed by atoms with van der Waals surface area (Å²) in [6, 6.07) is 0. The van der Waals surface area contributed by atoms with Crippen LogP contribution in [0.4, 0.5) is 0 Å². The van der Waals surface area contributed by atoms with Crippen LogP contribution in [0.3, 0.4) is 0 Å². The Balaban J connectivity index is 1.44. The Morgan fingerprint density at radius 2 is 1.80 bits per heavy atom. The molecule has 0 bridgehead atoms. The van der Waals surface area contributed by atoms with E-state index in [1.54, 1.807) is 19.4 Å². The van der Waals surface area contributed by atoms with Crippen LogP contribution in [0.5, 0.6) is 0 Å². The number of esters is 1. The van der Waals surface area contributed by atoms with Crippen LogP contribution in [-0.2, 0) is 9.53 Å². The second-order valence-corrected chi connectivity index (χ2v) is 14.3. The molecular weight excluding hydrogens is 452 g/mol. The fourth-order valence-electron chi connectivity index (χ4n) is 9.13. The predicted molar refractivity (Wildman–Crippen MR) is 147 cm³/mol. The number of ether oxygens (including phenoxy) is 1. The van der Waals surface area contributed by atoms with Gasteiger partial charge in [-0.05, 0) is 105 Å². The highest BCUT2D eigenvalue weighted by atomic mass is 35.5. The Labute approximate surface area is 220 Å². The summed E-state index contributed by atoms with van der Waals surface area (Å²) in [5, 5.41) is 0.532. The fraction of sp³-hybridized carbons (Fsp3) is 0.844. The molecule has 0 aromatic heterocycles. The number of fused-ring (bicyclic) bond motifs is 5. The highest BCUT2D eigenvalue weighted by molar-refractivity contribution is 6.31. The van der Waals surface area contributed by atoms with E-state index in [0.717, 1.165) is 54.8 Å². The number of hydrogen-bond acceptors (Lipinski definition) is 2. The third kappa shape index (κ3) is 5.17. The van der Waals surface area contributed by atoms with Gasteiger partial charge < -0.3 is 4.74 Å². The number of hydrogen-bond donors (Lipinski definition) is 0. The summed E-state index contributed by atoms with van der Waals surface area (Å²) in [6.07, 6.45) is 16.8. The third-order valence-corrected chi connectivity index (χ3v) is 11.6. The largest absolute Gasteiger partial charge is 0.459 e. The summed E-state index contributed by atoms with van der Waals surface area (Å²) in [5.74, 6) is 4.91. The van der Waals surface area contributed by atoms with Gasteiger partial charge in [0.15, 0.2) is 0 Å². The van der Waals surface area contributed by atoms with Crippen molar-refractivity contribution in [3.8, 4) is 0 Å². The molecule has 3 heteroatoms. The summed E-state index contributed by atoms with van der Waals surface area (Å²) < 4.78 is 5.90. The maximum Gasteiger partial charge on any atom is 0.335 e. The molecule has 0 aliphatic heterocycles. The zero-order valence-corrected chi connectivity index (χ0v) is 24.3. The summed E-state index contributed by atoms with van der Waals surface area (Å²) >= 11 is 6.04. The number of halogens is 1. The van der Waals surface area contributed by atoms with E-state index in [0.29, 0.717) is 21.4 Å². The third-order valence-electron chi connectivity index (χ3n) is 11.4. The molecule has 0 radical (unpaired) electrons. The standard InChI is InChI=1S/C32H51ClO2/c1-20(2)9-8-10-21(3)27-13-14-28-26-12-11-24-19-25(35-30(34)22(4)23(5)33)15-17-31(24,6)29(26)16-18-32(27,28)7/h11,20-21,25-29H,8-10,12-19H2,1-7H3/b23-22+/t21-,25+,26-,27-,28+,29+,31+,32-/m1/s1. The van der Waals surface area contributed by atoms with Gasteiger partial charge in [-0.15, -0.1) is 0 Å². The van der Waals surface area contributed by atoms with Gasteiger partial charge in [-0.1, -0.05) is 77.1 Å². The molecule has 0 aromatic rings. The van der Waals surface area contributed by atoms with Crippen LogP contribution in [0.15, 0.2) is 22.3 Å². The molecule has 35 heavy (non-hydrogen) atoms. The first kappa shape index (κ1) is 27.3. The van der Waals surface area contributed by atoms with E-state index < -0.39 is 0 Å². The lowest BCUT2D eigenvalue weighted by Crippen LogP contribution is -2.51. The highest BCUT2D eigenvalue weighted by Crippen LogP contribution is 2.67. The van der Waals surface area contributed by atoms with Gasteiger partial charge in [-0.3, -0.25) is 0 Å². The Morgan fingerprint density at radius 1 is 1.06 bits per heavy atom. The molecule has 198 valence electrons. The Hall–Kier alpha value is -0.760. The Morgan fingerprint density at radius 3 is 2.49 bits per heavy atom. The van der Waals surface area contributed by atoms with Crippen molar-refractivity contribution in [1.82, 2.24) is 0 Å². The van der Waals surface area contributed by atoms with Gasteiger partial charge in [0.1, 0.15) is 6.10 Å². The monoisotopic (exact) mass is 502 g/mol. The number of carbonyl (C=O) groups excluding carboxylic acids is 1. The van der Waals surface area contributed by atoms with Crippen molar-refractivity contribution in [3.63, 3.8) is 0 Å². The molecule has 0 amide bonds. The van der Waals surface area contributed by atoms with Crippen LogP contribution in [-0.4, -0.2) is 12.1 Å². The van der Waals surface area contributed by atoms with Crippen LogP contribution in [0.1, 0.15) is 119 Å². The van der Waals surface area contributed by atoms with Gasteiger partial charge in [0, 0.05) is 17.0 Å². The average molecular weight is 503 g/mol. The van der Waals surface area contributed by atoms with Crippen molar-refractivity contribution >= 4 is 17.6 Å². The molecule has 4 aliphatic rings. The molecule has 4 rings (SSSR count). The van der Waals surface area contributed by atoms with E-state index in [-0.39, 0.29) is 12.1 Å². The SMILES string of the molecule is C/C(Cl)=C(/C)C(=O)O[C@H]1CC[C@@]2(C)C(=CC[C@@H]3[C@@H]4CC[C@H]([C@H](C)CCCC(C)C)[C@@]4(C)CC[C@@H]32)C1. The van der Waals surface area contributed by atoms with Crippen molar-refractivity contribution in [2.24, 2.45) is 46.3 Å². The lowest BCUT2D eigenvalue weighted by atomic mass is 9.47. The first-order valence-corrected chi connectivity index (χ1v) is 15.1. The minimum atomic E-state index is -0.242. The average Bonchev–Trinajstić information content (AvgIpc) is 3.15. The molecule has 3 saturated carbocycles. The van der Waals surface area contributed by atoms with Crippen LogP contribution in [0.25, 0.3) is 0 Å². The number of rotatable bonds is 7. The molecular formula is C32H51ClO2. The van der Waals surface area contributed by atoms with E-state index in [1.807, 2.05) is 0 Å². The smallest absolute Gasteiger partial charge is 0.335 e. The molecule has 2 nitrogen and oxygen atoms in total. The molecule has 0 N–H and O–H groups in total. The lowest BCUT2D eigenvalue weighted by Gasteiger charge is -2.58. The molecule has 0 spiro atoms. The number of allylic oxidation sites excluding steroid dienone is 2. The molecule has 8 atom stereocenters.